The van der Waals surface area contributed by atoms with Crippen molar-refractivity contribution in [2.45, 2.75) is 30.8 Å². The zero-order valence-corrected chi connectivity index (χ0v) is 15.1. The lowest BCUT2D eigenvalue weighted by Crippen LogP contribution is -2.38. The summed E-state index contributed by atoms with van der Waals surface area (Å²) in [6, 6.07) is 16.0. The minimum atomic E-state index is -1.64. The van der Waals surface area contributed by atoms with Crippen LogP contribution in [0, 0.1) is 6.92 Å². The number of carbonyl (C=O) groups is 1. The van der Waals surface area contributed by atoms with Gasteiger partial charge in [0, 0.05) is 6.54 Å². The number of aliphatic hydroxyl groups excluding tert-OH is 1. The molecule has 2 aromatic rings. The highest BCUT2D eigenvalue weighted by Gasteiger charge is 2.42. The molecule has 5 nitrogen and oxygen atoms in total. The maximum Gasteiger partial charge on any atom is 0.333 e. The van der Waals surface area contributed by atoms with Crippen LogP contribution in [0.25, 0.3) is 0 Å². The third kappa shape index (κ3) is 3.45. The van der Waals surface area contributed by atoms with E-state index in [1.165, 1.54) is 4.31 Å². The molecule has 0 spiro atoms. The van der Waals surface area contributed by atoms with E-state index in [1.54, 1.807) is 17.0 Å². The fraction of sp³-hybridized carbons (Fsp3) is 0.316. The second-order valence-electron chi connectivity index (χ2n) is 6.25. The zero-order chi connectivity index (χ0) is 18.0. The first kappa shape index (κ1) is 17.6. The average molecular weight is 358 g/mol. The third-order valence-corrected chi connectivity index (χ3v) is 6.02. The van der Waals surface area contributed by atoms with Crippen LogP contribution in [-0.2, 0) is 11.0 Å². The molecule has 2 aromatic carbocycles. The summed E-state index contributed by atoms with van der Waals surface area (Å²) >= 11 is 0. The van der Waals surface area contributed by atoms with Gasteiger partial charge < -0.3 is 10.0 Å². The van der Waals surface area contributed by atoms with Crippen LogP contribution in [0.15, 0.2) is 59.5 Å². The Bertz CT molecular complexity index is 764. The Hall–Kier alpha value is -2.18. The first-order valence-electron chi connectivity index (χ1n) is 8.27. The molecule has 3 rings (SSSR count). The van der Waals surface area contributed by atoms with Gasteiger partial charge in [-0.15, -0.1) is 0 Å². The van der Waals surface area contributed by atoms with Crippen molar-refractivity contribution in [3.05, 3.63) is 65.7 Å². The van der Waals surface area contributed by atoms with Crippen LogP contribution in [0.2, 0.25) is 0 Å². The number of hydrogen-bond acceptors (Lipinski definition) is 3. The molecule has 1 saturated heterocycles. The standard InChI is InChI=1S/C19H22N2O3S/c1-14-8-10-18(11-9-14)25(24)21-17(13-22)12-20(19(21)23)15(2)16-6-4-3-5-7-16/h3-11,15,17,22H,12-13H2,1-2H3. The van der Waals surface area contributed by atoms with Gasteiger partial charge in [0.05, 0.1) is 23.6 Å². The highest BCUT2D eigenvalue weighted by atomic mass is 32.2. The number of nitrogens with zero attached hydrogens (tertiary/aromatic N) is 2. The van der Waals surface area contributed by atoms with Gasteiger partial charge in [-0.3, -0.25) is 0 Å². The van der Waals surface area contributed by atoms with E-state index in [4.69, 9.17) is 0 Å². The molecular formula is C19H22N2O3S. The van der Waals surface area contributed by atoms with Crippen LogP contribution in [0.4, 0.5) is 4.79 Å². The number of hydrogen-bond donors (Lipinski definition) is 1. The average Bonchev–Trinajstić information content (AvgIpc) is 2.98. The first-order chi connectivity index (χ1) is 12.0. The van der Waals surface area contributed by atoms with Gasteiger partial charge in [-0.2, -0.15) is 0 Å². The van der Waals surface area contributed by atoms with Gasteiger partial charge in [-0.25, -0.2) is 13.3 Å². The lowest BCUT2D eigenvalue weighted by atomic mass is 10.1. The number of amides is 2. The van der Waals surface area contributed by atoms with Crippen LogP contribution in [-0.4, -0.2) is 43.7 Å². The number of carbonyl (C=O) groups excluding carboxylic acids is 1. The molecule has 0 saturated carbocycles. The molecule has 0 bridgehead atoms. The van der Waals surface area contributed by atoms with Crippen molar-refractivity contribution in [2.24, 2.45) is 0 Å². The number of rotatable bonds is 5. The molecule has 6 heteroatoms. The number of urea groups is 1. The summed E-state index contributed by atoms with van der Waals surface area (Å²) in [7, 11) is -1.64. The lowest BCUT2D eigenvalue weighted by Gasteiger charge is -2.24. The maximum absolute atomic E-state index is 12.9. The fourth-order valence-electron chi connectivity index (χ4n) is 3.00. The Morgan fingerprint density at radius 3 is 2.40 bits per heavy atom. The fourth-order valence-corrected chi connectivity index (χ4v) is 4.25. The molecule has 1 fully saturated rings. The lowest BCUT2D eigenvalue weighted by molar-refractivity contribution is 0.193. The van der Waals surface area contributed by atoms with Crippen LogP contribution in [0.1, 0.15) is 24.1 Å². The van der Waals surface area contributed by atoms with Gasteiger partial charge in [0.1, 0.15) is 0 Å². The van der Waals surface area contributed by atoms with E-state index in [-0.39, 0.29) is 18.7 Å². The van der Waals surface area contributed by atoms with Crippen molar-refractivity contribution in [3.8, 4) is 0 Å². The van der Waals surface area contributed by atoms with Gasteiger partial charge in [-0.05, 0) is 31.5 Å². The quantitative estimate of drug-likeness (QED) is 0.894. The monoisotopic (exact) mass is 358 g/mol. The van der Waals surface area contributed by atoms with E-state index in [9.17, 15) is 14.1 Å². The van der Waals surface area contributed by atoms with Crippen molar-refractivity contribution in [1.82, 2.24) is 9.21 Å². The van der Waals surface area contributed by atoms with Gasteiger partial charge in [0.25, 0.3) is 0 Å². The van der Waals surface area contributed by atoms with E-state index >= 15 is 0 Å². The molecule has 1 aliphatic heterocycles. The molecule has 1 N–H and O–H groups in total. The molecule has 1 heterocycles. The molecule has 1 aliphatic rings. The van der Waals surface area contributed by atoms with Crippen LogP contribution >= 0.6 is 0 Å². The van der Waals surface area contributed by atoms with Crippen molar-refractivity contribution < 1.29 is 14.1 Å². The zero-order valence-electron chi connectivity index (χ0n) is 14.3. The maximum atomic E-state index is 12.9. The van der Waals surface area contributed by atoms with E-state index in [2.05, 4.69) is 0 Å². The van der Waals surface area contributed by atoms with E-state index in [0.717, 1.165) is 11.1 Å². The molecule has 0 aromatic heterocycles. The van der Waals surface area contributed by atoms with Crippen molar-refractivity contribution in [1.29, 1.82) is 0 Å². The molecule has 3 unspecified atom stereocenters. The molecule has 0 aliphatic carbocycles. The SMILES string of the molecule is Cc1ccc(S(=O)N2C(=O)N(C(C)c3ccccc3)CC2CO)cc1. The van der Waals surface area contributed by atoms with E-state index in [1.807, 2.05) is 56.3 Å². The van der Waals surface area contributed by atoms with Crippen LogP contribution in [0.3, 0.4) is 0 Å². The number of aryl methyl sites for hydroxylation is 1. The summed E-state index contributed by atoms with van der Waals surface area (Å²) in [5, 5.41) is 9.71. The van der Waals surface area contributed by atoms with E-state index in [0.29, 0.717) is 11.4 Å². The van der Waals surface area contributed by atoms with Gasteiger partial charge in [0.2, 0.25) is 0 Å². The minimum Gasteiger partial charge on any atom is -0.394 e. The van der Waals surface area contributed by atoms with Gasteiger partial charge >= 0.3 is 6.03 Å². The Kier molecular flexibility index (Phi) is 5.20. The molecule has 3 atom stereocenters. The number of aliphatic hydroxyl groups is 1. The Balaban J connectivity index is 1.86. The van der Waals surface area contributed by atoms with Crippen molar-refractivity contribution >= 4 is 17.0 Å². The summed E-state index contributed by atoms with van der Waals surface area (Å²) < 4.78 is 14.2. The largest absolute Gasteiger partial charge is 0.394 e. The molecular weight excluding hydrogens is 336 g/mol. The topological polar surface area (TPSA) is 60.9 Å². The smallest absolute Gasteiger partial charge is 0.333 e. The minimum absolute atomic E-state index is 0.150. The predicted molar refractivity (Wildman–Crippen MR) is 97.3 cm³/mol. The normalized spacial score (nSPS) is 20.0. The van der Waals surface area contributed by atoms with Crippen molar-refractivity contribution in [3.63, 3.8) is 0 Å². The van der Waals surface area contributed by atoms with Crippen LogP contribution in [0.5, 0.6) is 0 Å². The van der Waals surface area contributed by atoms with Gasteiger partial charge in [-0.1, -0.05) is 48.0 Å². The van der Waals surface area contributed by atoms with Gasteiger partial charge in [0.15, 0.2) is 11.0 Å². The summed E-state index contributed by atoms with van der Waals surface area (Å²) in [4.78, 5) is 15.1. The Labute approximate surface area is 150 Å². The Morgan fingerprint density at radius 2 is 1.80 bits per heavy atom. The summed E-state index contributed by atoms with van der Waals surface area (Å²) in [6.45, 7) is 4.03. The second kappa shape index (κ2) is 7.37. The van der Waals surface area contributed by atoms with Crippen molar-refractivity contribution in [2.75, 3.05) is 13.2 Å². The van der Waals surface area contributed by atoms with Crippen LogP contribution < -0.4 is 0 Å². The molecule has 0 radical (unpaired) electrons. The second-order valence-corrected chi connectivity index (χ2v) is 7.61. The molecule has 132 valence electrons. The first-order valence-corrected chi connectivity index (χ1v) is 9.37. The molecule has 2 amide bonds. The highest BCUT2D eigenvalue weighted by Crippen LogP contribution is 2.30. The number of benzene rings is 2. The Morgan fingerprint density at radius 1 is 1.16 bits per heavy atom. The third-order valence-electron chi connectivity index (χ3n) is 4.53. The summed E-state index contributed by atoms with van der Waals surface area (Å²) in [5.74, 6) is 0. The predicted octanol–water partition coefficient (Wildman–Crippen LogP) is 2.88. The summed E-state index contributed by atoms with van der Waals surface area (Å²) in [5.41, 5.74) is 2.07. The summed E-state index contributed by atoms with van der Waals surface area (Å²) in [6.07, 6.45) is 0. The highest BCUT2D eigenvalue weighted by molar-refractivity contribution is 7.83. The molecule has 25 heavy (non-hydrogen) atoms. The van der Waals surface area contributed by atoms with E-state index < -0.39 is 17.0 Å².